The van der Waals surface area contributed by atoms with Crippen molar-refractivity contribution in [3.05, 3.63) is 36.5 Å². The van der Waals surface area contributed by atoms with Crippen molar-refractivity contribution in [3.63, 3.8) is 0 Å². The van der Waals surface area contributed by atoms with Crippen LogP contribution in [0.15, 0.2) is 41.5 Å². The molecule has 0 spiro atoms. The third-order valence-electron chi connectivity index (χ3n) is 3.42. The molecule has 2 aliphatic heterocycles. The molecule has 1 fully saturated rings. The minimum absolute atomic E-state index is 0.284. The number of hydrogen-bond acceptors (Lipinski definition) is 6. The lowest BCUT2D eigenvalue weighted by Gasteiger charge is -2.25. The second-order valence-corrected chi connectivity index (χ2v) is 7.43. The van der Waals surface area contributed by atoms with Crippen LogP contribution in [-0.4, -0.2) is 33.0 Å². The number of rotatable bonds is 4. The second kappa shape index (κ2) is 9.04. The quantitative estimate of drug-likeness (QED) is 0.397. The first-order valence-electron chi connectivity index (χ1n) is 7.93. The zero-order chi connectivity index (χ0) is 18.2. The molecule has 1 atom stereocenters. The van der Waals surface area contributed by atoms with Crippen LogP contribution < -0.4 is 25.8 Å². The van der Waals surface area contributed by atoms with Crippen molar-refractivity contribution < 1.29 is 8.42 Å². The van der Waals surface area contributed by atoms with E-state index in [9.17, 15) is 8.42 Å². The minimum Gasteiger partial charge on any atom is -0.353 e. The standard InChI is InChI=1S/C10H12ClN5O2S.C5H11N/c11-10(5-6-13-7-14-10)15-8-3-1-2-4-9(8)16-19(12,17)18;1-2-4-6-5-3-1/h1-7,15-16H,(H,13,14)(H2,12,17,18);6H,1-5H2. The van der Waals surface area contributed by atoms with Crippen LogP contribution in [0.5, 0.6) is 0 Å². The third-order valence-corrected chi connectivity index (χ3v) is 4.25. The molecule has 2 aliphatic rings. The Labute approximate surface area is 153 Å². The fraction of sp³-hybridized carbons (Fsp3) is 0.400. The summed E-state index contributed by atoms with van der Waals surface area (Å²) in [6, 6.07) is 6.61. The molecule has 1 saturated heterocycles. The topological polar surface area (TPSA) is 121 Å². The molecule has 2 heterocycles. The number of nitrogens with one attached hydrogen (secondary N) is 4. The van der Waals surface area contributed by atoms with Gasteiger partial charge in [-0.1, -0.05) is 30.2 Å². The van der Waals surface area contributed by atoms with Gasteiger partial charge in [-0.05, 0) is 44.1 Å². The number of benzene rings is 1. The molecule has 10 heteroatoms. The Morgan fingerprint density at radius 2 is 1.84 bits per heavy atom. The summed E-state index contributed by atoms with van der Waals surface area (Å²) < 4.78 is 24.3. The summed E-state index contributed by atoms with van der Waals surface area (Å²) in [4.78, 5) is 4.02. The Morgan fingerprint density at radius 1 is 1.16 bits per heavy atom. The lowest BCUT2D eigenvalue weighted by Crippen LogP contribution is -2.32. The summed E-state index contributed by atoms with van der Waals surface area (Å²) in [7, 11) is -3.86. The first kappa shape index (κ1) is 19.5. The van der Waals surface area contributed by atoms with Gasteiger partial charge in [0.15, 0.2) is 0 Å². The Hall–Kier alpha value is -1.81. The van der Waals surface area contributed by atoms with Crippen molar-refractivity contribution in [1.82, 2.24) is 10.6 Å². The van der Waals surface area contributed by atoms with Crippen molar-refractivity contribution in [2.24, 2.45) is 10.1 Å². The molecule has 8 nitrogen and oxygen atoms in total. The predicted molar refractivity (Wildman–Crippen MR) is 103 cm³/mol. The van der Waals surface area contributed by atoms with Crippen molar-refractivity contribution in [3.8, 4) is 0 Å². The summed E-state index contributed by atoms with van der Waals surface area (Å²) in [5.41, 5.74) is 0.738. The molecule has 25 heavy (non-hydrogen) atoms. The molecule has 6 N–H and O–H groups in total. The molecule has 1 unspecified atom stereocenters. The number of aliphatic imine (C=N–C) groups is 1. The van der Waals surface area contributed by atoms with Crippen LogP contribution in [0.2, 0.25) is 0 Å². The molecule has 0 amide bonds. The maximum absolute atomic E-state index is 11.1. The van der Waals surface area contributed by atoms with E-state index in [0.29, 0.717) is 5.69 Å². The van der Waals surface area contributed by atoms with E-state index < -0.39 is 15.3 Å². The number of hydrogen-bond donors (Lipinski definition) is 5. The Balaban J connectivity index is 0.000000316. The van der Waals surface area contributed by atoms with Crippen molar-refractivity contribution in [1.29, 1.82) is 0 Å². The highest BCUT2D eigenvalue weighted by molar-refractivity contribution is 7.90. The molecule has 0 aliphatic carbocycles. The number of nitrogens with zero attached hydrogens (tertiary/aromatic N) is 1. The van der Waals surface area contributed by atoms with Crippen LogP contribution >= 0.6 is 11.6 Å². The van der Waals surface area contributed by atoms with E-state index in [2.05, 4.69) is 25.7 Å². The summed E-state index contributed by atoms with van der Waals surface area (Å²) in [6.07, 6.45) is 8.84. The van der Waals surface area contributed by atoms with E-state index in [-0.39, 0.29) is 5.69 Å². The van der Waals surface area contributed by atoms with Crippen LogP contribution in [0.3, 0.4) is 0 Å². The first-order chi connectivity index (χ1) is 11.9. The van der Waals surface area contributed by atoms with Crippen molar-refractivity contribution >= 4 is 39.5 Å². The highest BCUT2D eigenvalue weighted by Crippen LogP contribution is 2.29. The summed E-state index contributed by atoms with van der Waals surface area (Å²) in [5, 5.41) is 12.7. The summed E-state index contributed by atoms with van der Waals surface area (Å²) in [5.74, 6) is 0. The Kier molecular flexibility index (Phi) is 7.06. The van der Waals surface area contributed by atoms with Gasteiger partial charge in [0.05, 0.1) is 17.7 Å². The monoisotopic (exact) mass is 386 g/mol. The molecular weight excluding hydrogens is 364 g/mol. The van der Waals surface area contributed by atoms with Gasteiger partial charge in [0, 0.05) is 6.20 Å². The number of piperidine rings is 1. The second-order valence-electron chi connectivity index (χ2n) is 5.56. The number of para-hydroxylation sites is 2. The van der Waals surface area contributed by atoms with E-state index in [1.165, 1.54) is 38.7 Å². The number of nitrogens with two attached hydrogens (primary N) is 1. The average molecular weight is 387 g/mol. The summed E-state index contributed by atoms with van der Waals surface area (Å²) in [6.45, 7) is 2.50. The Morgan fingerprint density at radius 3 is 2.32 bits per heavy atom. The SMILES string of the molecule is C1CCNCC1.NS(=O)(=O)Nc1ccccc1NC1(Cl)C=CNC=N1. The highest BCUT2D eigenvalue weighted by atomic mass is 35.5. The maximum Gasteiger partial charge on any atom is 0.296 e. The summed E-state index contributed by atoms with van der Waals surface area (Å²) >= 11 is 6.21. The van der Waals surface area contributed by atoms with Gasteiger partial charge in [0.25, 0.3) is 10.2 Å². The van der Waals surface area contributed by atoms with Crippen molar-refractivity contribution in [2.75, 3.05) is 23.1 Å². The molecule has 0 radical (unpaired) electrons. The molecule has 1 aromatic rings. The van der Waals surface area contributed by atoms with Crippen LogP contribution in [-0.2, 0) is 10.2 Å². The van der Waals surface area contributed by atoms with Crippen LogP contribution in [0.25, 0.3) is 0 Å². The molecule has 0 aromatic heterocycles. The van der Waals surface area contributed by atoms with Crippen molar-refractivity contribution in [2.45, 2.75) is 24.4 Å². The lowest BCUT2D eigenvalue weighted by atomic mass is 10.2. The number of alkyl halides is 1. The average Bonchev–Trinajstić information content (AvgIpc) is 2.58. The lowest BCUT2D eigenvalue weighted by molar-refractivity contribution is 0.520. The van der Waals surface area contributed by atoms with E-state index in [1.807, 2.05) is 0 Å². The van der Waals surface area contributed by atoms with E-state index in [1.54, 1.807) is 36.5 Å². The normalized spacial score (nSPS) is 22.3. The number of halogens is 1. The fourth-order valence-electron chi connectivity index (χ4n) is 2.27. The number of anilines is 2. The molecule has 3 rings (SSSR count). The highest BCUT2D eigenvalue weighted by Gasteiger charge is 2.24. The van der Waals surface area contributed by atoms with Gasteiger partial charge in [-0.25, -0.2) is 10.1 Å². The fourth-order valence-corrected chi connectivity index (χ4v) is 2.97. The molecule has 138 valence electrons. The van der Waals surface area contributed by atoms with Gasteiger partial charge < -0.3 is 16.0 Å². The van der Waals surface area contributed by atoms with Gasteiger partial charge in [0.2, 0.25) is 5.12 Å². The van der Waals surface area contributed by atoms with Crippen LogP contribution in [0, 0.1) is 0 Å². The third kappa shape index (κ3) is 7.30. The van der Waals surface area contributed by atoms with Gasteiger partial charge in [0.1, 0.15) is 0 Å². The maximum atomic E-state index is 11.1. The van der Waals surface area contributed by atoms with Gasteiger partial charge in [-0.3, -0.25) is 4.72 Å². The molecule has 1 aromatic carbocycles. The van der Waals surface area contributed by atoms with Crippen LogP contribution in [0.4, 0.5) is 11.4 Å². The smallest absolute Gasteiger partial charge is 0.296 e. The molecule has 0 saturated carbocycles. The zero-order valence-electron chi connectivity index (χ0n) is 13.7. The van der Waals surface area contributed by atoms with Gasteiger partial charge in [-0.2, -0.15) is 8.42 Å². The Bertz CT molecular complexity index is 695. The largest absolute Gasteiger partial charge is 0.353 e. The van der Waals surface area contributed by atoms with Crippen LogP contribution in [0.1, 0.15) is 19.3 Å². The zero-order valence-corrected chi connectivity index (χ0v) is 15.3. The first-order valence-corrected chi connectivity index (χ1v) is 9.85. The van der Waals surface area contributed by atoms with E-state index in [0.717, 1.165) is 0 Å². The minimum atomic E-state index is -3.86. The van der Waals surface area contributed by atoms with E-state index in [4.69, 9.17) is 16.7 Å². The molecular formula is C15H23ClN6O2S. The van der Waals surface area contributed by atoms with Gasteiger partial charge >= 0.3 is 0 Å². The predicted octanol–water partition coefficient (Wildman–Crippen LogP) is 1.51. The van der Waals surface area contributed by atoms with Gasteiger partial charge in [-0.15, -0.1) is 0 Å². The molecule has 0 bridgehead atoms. The van der Waals surface area contributed by atoms with E-state index >= 15 is 0 Å².